The van der Waals surface area contributed by atoms with Gasteiger partial charge in [0.25, 0.3) is 0 Å². The Balaban J connectivity index is 1.78. The molecule has 1 aromatic heterocycles. The first-order valence-electron chi connectivity index (χ1n) is 7.29. The van der Waals surface area contributed by atoms with Gasteiger partial charge in [0, 0.05) is 19.2 Å². The highest BCUT2D eigenvalue weighted by Crippen LogP contribution is 2.23. The van der Waals surface area contributed by atoms with Crippen molar-refractivity contribution in [2.45, 2.75) is 44.4 Å². The molecule has 8 nitrogen and oxygen atoms in total. The number of rotatable bonds is 7. The van der Waals surface area contributed by atoms with Crippen molar-refractivity contribution in [2.75, 3.05) is 13.2 Å². The van der Waals surface area contributed by atoms with Crippen LogP contribution in [-0.4, -0.2) is 50.2 Å². The summed E-state index contributed by atoms with van der Waals surface area (Å²) in [7, 11) is 0. The van der Waals surface area contributed by atoms with Crippen LogP contribution in [0.1, 0.15) is 25.7 Å². The summed E-state index contributed by atoms with van der Waals surface area (Å²) in [6.45, 7) is 0.755. The zero-order chi connectivity index (χ0) is 15.2. The van der Waals surface area contributed by atoms with Gasteiger partial charge in [0.1, 0.15) is 12.4 Å². The number of nitrogens with zero attached hydrogens (tertiary/aromatic N) is 3. The largest absolute Gasteiger partial charge is 0.396 e. The third-order valence-corrected chi connectivity index (χ3v) is 3.99. The highest BCUT2D eigenvalue weighted by atomic mass is 16.6. The molecule has 1 aliphatic rings. The van der Waals surface area contributed by atoms with Gasteiger partial charge in [0.2, 0.25) is 0 Å². The summed E-state index contributed by atoms with van der Waals surface area (Å²) in [6.07, 6.45) is 6.09. The summed E-state index contributed by atoms with van der Waals surface area (Å²) in [5, 5.41) is 37.0. The Hall–Kier alpha value is -1.51. The minimum absolute atomic E-state index is 0.0808. The van der Waals surface area contributed by atoms with E-state index in [4.69, 9.17) is 0 Å². The van der Waals surface area contributed by atoms with E-state index in [0.717, 1.165) is 25.7 Å². The molecule has 0 saturated heterocycles. The molecule has 3 unspecified atom stereocenters. The molecule has 0 radical (unpaired) electrons. The highest BCUT2D eigenvalue weighted by molar-refractivity contribution is 5.20. The van der Waals surface area contributed by atoms with E-state index < -0.39 is 11.0 Å². The van der Waals surface area contributed by atoms with Crippen molar-refractivity contribution in [3.8, 4) is 0 Å². The zero-order valence-corrected chi connectivity index (χ0v) is 11.9. The molecule has 1 aromatic rings. The van der Waals surface area contributed by atoms with Crippen LogP contribution in [0.4, 0.5) is 5.69 Å². The van der Waals surface area contributed by atoms with Gasteiger partial charge in [-0.1, -0.05) is 12.8 Å². The second-order valence-electron chi connectivity index (χ2n) is 5.57. The Morgan fingerprint density at radius 1 is 1.52 bits per heavy atom. The van der Waals surface area contributed by atoms with Gasteiger partial charge in [0.05, 0.1) is 17.6 Å². The van der Waals surface area contributed by atoms with Crippen molar-refractivity contribution in [1.82, 2.24) is 15.1 Å². The quantitative estimate of drug-likeness (QED) is 0.492. The summed E-state index contributed by atoms with van der Waals surface area (Å²) in [4.78, 5) is 10.0. The van der Waals surface area contributed by atoms with Gasteiger partial charge < -0.3 is 15.5 Å². The molecule has 3 N–H and O–H groups in total. The van der Waals surface area contributed by atoms with E-state index in [1.54, 1.807) is 0 Å². The third kappa shape index (κ3) is 4.48. The first-order chi connectivity index (χ1) is 10.1. The number of aliphatic hydroxyl groups is 2. The third-order valence-electron chi connectivity index (χ3n) is 3.99. The van der Waals surface area contributed by atoms with E-state index in [1.165, 1.54) is 17.1 Å². The zero-order valence-electron chi connectivity index (χ0n) is 11.9. The molecular weight excluding hydrogens is 276 g/mol. The van der Waals surface area contributed by atoms with Crippen LogP contribution in [0, 0.1) is 16.0 Å². The van der Waals surface area contributed by atoms with Crippen LogP contribution < -0.4 is 5.32 Å². The molecule has 0 amide bonds. The topological polar surface area (TPSA) is 113 Å². The predicted octanol–water partition coefficient (Wildman–Crippen LogP) is 0.293. The van der Waals surface area contributed by atoms with Crippen LogP contribution in [-0.2, 0) is 6.54 Å². The van der Waals surface area contributed by atoms with E-state index in [2.05, 4.69) is 10.4 Å². The first-order valence-corrected chi connectivity index (χ1v) is 7.29. The van der Waals surface area contributed by atoms with Crippen molar-refractivity contribution >= 4 is 5.69 Å². The Kier molecular flexibility index (Phi) is 5.66. The number of hydrogen-bond donors (Lipinski definition) is 3. The number of aromatic nitrogens is 2. The van der Waals surface area contributed by atoms with Crippen LogP contribution >= 0.6 is 0 Å². The molecule has 3 atom stereocenters. The number of aliphatic hydroxyl groups excluding tert-OH is 2. The lowest BCUT2D eigenvalue weighted by molar-refractivity contribution is -0.385. The molecule has 8 heteroatoms. The molecule has 2 rings (SSSR count). The van der Waals surface area contributed by atoms with Crippen LogP contribution in [0.2, 0.25) is 0 Å². The standard InChI is InChI=1S/C13H22N4O4/c18-9-10-3-1-2-4-13(10)14-6-12(19)8-16-7-11(5-15-16)17(20)21/h5,7,10,12-14,18-19H,1-4,6,8-9H2. The first kappa shape index (κ1) is 15.9. The van der Waals surface area contributed by atoms with Gasteiger partial charge in [-0.2, -0.15) is 5.10 Å². The number of nitro groups is 1. The lowest BCUT2D eigenvalue weighted by atomic mass is 9.85. The maximum Gasteiger partial charge on any atom is 0.306 e. The van der Waals surface area contributed by atoms with E-state index in [0.29, 0.717) is 6.54 Å². The van der Waals surface area contributed by atoms with Crippen molar-refractivity contribution < 1.29 is 15.1 Å². The summed E-state index contributed by atoms with van der Waals surface area (Å²) < 4.78 is 1.37. The highest BCUT2D eigenvalue weighted by Gasteiger charge is 2.24. The molecule has 0 aromatic carbocycles. The molecule has 1 heterocycles. The Morgan fingerprint density at radius 3 is 2.95 bits per heavy atom. The molecule has 118 valence electrons. The Labute approximate surface area is 122 Å². The minimum atomic E-state index is -0.675. The van der Waals surface area contributed by atoms with Crippen molar-refractivity contribution in [3.63, 3.8) is 0 Å². The molecule has 1 fully saturated rings. The fourth-order valence-electron chi connectivity index (χ4n) is 2.81. The molecule has 1 aliphatic carbocycles. The number of hydrogen-bond acceptors (Lipinski definition) is 6. The maximum absolute atomic E-state index is 10.6. The SMILES string of the molecule is O=[N+]([O-])c1cnn(CC(O)CNC2CCCCC2CO)c1. The van der Waals surface area contributed by atoms with Crippen molar-refractivity contribution in [2.24, 2.45) is 5.92 Å². The second-order valence-corrected chi connectivity index (χ2v) is 5.57. The Bertz CT molecular complexity index is 465. The molecule has 1 saturated carbocycles. The van der Waals surface area contributed by atoms with Crippen LogP contribution in [0.15, 0.2) is 12.4 Å². The van der Waals surface area contributed by atoms with E-state index >= 15 is 0 Å². The fraction of sp³-hybridized carbons (Fsp3) is 0.769. The lowest BCUT2D eigenvalue weighted by Gasteiger charge is -2.31. The van der Waals surface area contributed by atoms with Crippen molar-refractivity contribution in [3.05, 3.63) is 22.5 Å². The summed E-state index contributed by atoms with van der Waals surface area (Å²) in [5.74, 6) is 0.247. The minimum Gasteiger partial charge on any atom is -0.396 e. The van der Waals surface area contributed by atoms with Crippen LogP contribution in [0.25, 0.3) is 0 Å². The van der Waals surface area contributed by atoms with Gasteiger partial charge in [-0.15, -0.1) is 0 Å². The normalized spacial score (nSPS) is 23.9. The lowest BCUT2D eigenvalue weighted by Crippen LogP contribution is -2.44. The molecule has 0 bridgehead atoms. The molecule has 0 spiro atoms. The average molecular weight is 298 g/mol. The second kappa shape index (κ2) is 7.48. The Morgan fingerprint density at radius 2 is 2.29 bits per heavy atom. The predicted molar refractivity (Wildman–Crippen MR) is 75.7 cm³/mol. The van der Waals surface area contributed by atoms with Gasteiger partial charge in [-0.3, -0.25) is 14.8 Å². The van der Waals surface area contributed by atoms with E-state index in [9.17, 15) is 20.3 Å². The maximum atomic E-state index is 10.6. The van der Waals surface area contributed by atoms with E-state index in [-0.39, 0.29) is 30.8 Å². The van der Waals surface area contributed by atoms with Crippen LogP contribution in [0.3, 0.4) is 0 Å². The summed E-state index contributed by atoms with van der Waals surface area (Å²) in [5.41, 5.74) is -0.0808. The summed E-state index contributed by atoms with van der Waals surface area (Å²) >= 11 is 0. The smallest absolute Gasteiger partial charge is 0.306 e. The average Bonchev–Trinajstić information content (AvgIpc) is 2.94. The van der Waals surface area contributed by atoms with Gasteiger partial charge >= 0.3 is 5.69 Å². The van der Waals surface area contributed by atoms with Gasteiger partial charge in [0.15, 0.2) is 0 Å². The molecule has 21 heavy (non-hydrogen) atoms. The summed E-state index contributed by atoms with van der Waals surface area (Å²) in [6, 6.07) is 0.227. The van der Waals surface area contributed by atoms with Crippen molar-refractivity contribution in [1.29, 1.82) is 0 Å². The molecular formula is C13H22N4O4. The fourth-order valence-corrected chi connectivity index (χ4v) is 2.81. The van der Waals surface area contributed by atoms with Gasteiger partial charge in [-0.05, 0) is 18.8 Å². The molecule has 0 aliphatic heterocycles. The van der Waals surface area contributed by atoms with Gasteiger partial charge in [-0.25, -0.2) is 0 Å². The monoisotopic (exact) mass is 298 g/mol. The van der Waals surface area contributed by atoms with E-state index in [1.807, 2.05) is 0 Å². The van der Waals surface area contributed by atoms with Crippen LogP contribution in [0.5, 0.6) is 0 Å². The number of nitrogens with one attached hydrogen (secondary N) is 1.